The highest BCUT2D eigenvalue weighted by molar-refractivity contribution is 5.72. The minimum Gasteiger partial charge on any atom is -0.494 e. The molecule has 3 rings (SSSR count). The molecular formula is C35H37F11O. The molecule has 0 spiro atoms. The first-order valence-corrected chi connectivity index (χ1v) is 15.5. The van der Waals surface area contributed by atoms with Crippen molar-refractivity contribution in [2.75, 3.05) is 6.61 Å². The number of benzene rings is 3. The molecule has 0 saturated heterocycles. The van der Waals surface area contributed by atoms with Gasteiger partial charge in [0.25, 0.3) is 0 Å². The Morgan fingerprint density at radius 3 is 1.53 bits per heavy atom. The molecule has 0 saturated carbocycles. The summed E-state index contributed by atoms with van der Waals surface area (Å²) in [5, 5.41) is 0. The summed E-state index contributed by atoms with van der Waals surface area (Å²) in [5.74, 6) is -21.1. The van der Waals surface area contributed by atoms with Crippen LogP contribution < -0.4 is 4.74 Å². The number of aryl methyl sites for hydroxylation is 1. The summed E-state index contributed by atoms with van der Waals surface area (Å²) in [6.45, 7) is 1.83. The van der Waals surface area contributed by atoms with Crippen LogP contribution in [0.15, 0.2) is 60.7 Å². The first kappa shape index (κ1) is 38.1. The number of hydrogen-bond donors (Lipinski definition) is 0. The van der Waals surface area contributed by atoms with Crippen molar-refractivity contribution in [3.05, 3.63) is 77.9 Å². The van der Waals surface area contributed by atoms with Gasteiger partial charge in [0, 0.05) is 17.5 Å². The van der Waals surface area contributed by atoms with Crippen LogP contribution in [0.4, 0.5) is 48.3 Å². The number of alkyl halides is 9. The summed E-state index contributed by atoms with van der Waals surface area (Å²) in [7, 11) is 0. The van der Waals surface area contributed by atoms with E-state index < -0.39 is 48.4 Å². The maximum Gasteiger partial charge on any atom is 0.460 e. The van der Waals surface area contributed by atoms with E-state index in [1.165, 1.54) is 68.5 Å². The number of hydrogen-bond acceptors (Lipinski definition) is 1. The molecule has 0 fully saturated rings. The molecule has 12 heteroatoms. The minimum absolute atomic E-state index is 0.0350. The van der Waals surface area contributed by atoms with Crippen molar-refractivity contribution < 1.29 is 53.0 Å². The molecule has 0 heterocycles. The largest absolute Gasteiger partial charge is 0.494 e. The fourth-order valence-electron chi connectivity index (χ4n) is 5.07. The third kappa shape index (κ3) is 9.41. The fourth-order valence-corrected chi connectivity index (χ4v) is 5.07. The third-order valence-corrected chi connectivity index (χ3v) is 7.95. The second-order valence-corrected chi connectivity index (χ2v) is 11.5. The summed E-state index contributed by atoms with van der Waals surface area (Å²) in [6.07, 6.45) is -0.717. The quantitative estimate of drug-likeness (QED) is 0.0959. The Balaban J connectivity index is 1.52. The van der Waals surface area contributed by atoms with Crippen LogP contribution in [0.25, 0.3) is 22.3 Å². The highest BCUT2D eigenvalue weighted by Gasteiger charge is 2.81. The molecule has 0 aliphatic carbocycles. The molecule has 3 aromatic rings. The Labute approximate surface area is 267 Å². The average molecular weight is 683 g/mol. The van der Waals surface area contributed by atoms with E-state index in [1.54, 1.807) is 12.1 Å². The molecule has 0 radical (unpaired) electrons. The van der Waals surface area contributed by atoms with E-state index in [0.717, 1.165) is 24.8 Å². The Bertz CT molecular complexity index is 1400. The van der Waals surface area contributed by atoms with E-state index in [0.29, 0.717) is 5.56 Å². The van der Waals surface area contributed by atoms with Crippen LogP contribution >= 0.6 is 0 Å². The highest BCUT2D eigenvalue weighted by Crippen LogP contribution is 2.54. The molecule has 260 valence electrons. The first-order valence-electron chi connectivity index (χ1n) is 15.5. The van der Waals surface area contributed by atoms with E-state index in [9.17, 15) is 39.5 Å². The zero-order valence-corrected chi connectivity index (χ0v) is 25.8. The van der Waals surface area contributed by atoms with Crippen LogP contribution in [-0.2, 0) is 6.42 Å². The summed E-state index contributed by atoms with van der Waals surface area (Å²) in [5.41, 5.74) is 1.99. The molecule has 0 amide bonds. The van der Waals surface area contributed by atoms with Gasteiger partial charge >= 0.3 is 23.9 Å². The van der Waals surface area contributed by atoms with Gasteiger partial charge in [-0.05, 0) is 54.5 Å². The van der Waals surface area contributed by atoms with Gasteiger partial charge in [-0.25, -0.2) is 8.78 Å². The van der Waals surface area contributed by atoms with Gasteiger partial charge in [-0.15, -0.1) is 0 Å². The maximum atomic E-state index is 15.1. The van der Waals surface area contributed by atoms with Crippen LogP contribution in [0, 0.1) is 11.6 Å². The second-order valence-electron chi connectivity index (χ2n) is 11.5. The summed E-state index contributed by atoms with van der Waals surface area (Å²) in [6, 6.07) is 15.7. The average Bonchev–Trinajstić information content (AvgIpc) is 3.02. The van der Waals surface area contributed by atoms with Gasteiger partial charge in [0.1, 0.15) is 5.75 Å². The van der Waals surface area contributed by atoms with E-state index in [2.05, 4.69) is 6.92 Å². The Morgan fingerprint density at radius 2 is 1.02 bits per heavy atom. The van der Waals surface area contributed by atoms with E-state index in [1.807, 2.05) is 12.1 Å². The topological polar surface area (TPSA) is 9.23 Å². The molecule has 0 aliphatic rings. The van der Waals surface area contributed by atoms with Gasteiger partial charge in [-0.1, -0.05) is 94.0 Å². The standard InChI is InChI=1S/C35H37F11O/c1-2-3-4-5-6-7-8-11-24-12-14-25(15-13-24)28-20-21-29(31(37)30(28)36)26-16-18-27(19-17-26)47-23-10-9-22-32(38,39)33(40,41)34(42,43)35(44,45)46/h12-21H,2-11,22-23H2,1H3. The molecule has 0 unspecified atom stereocenters. The summed E-state index contributed by atoms with van der Waals surface area (Å²) >= 11 is 0. The zero-order valence-electron chi connectivity index (χ0n) is 25.8. The third-order valence-electron chi connectivity index (χ3n) is 7.95. The summed E-state index contributed by atoms with van der Waals surface area (Å²) in [4.78, 5) is 0. The van der Waals surface area contributed by atoms with Crippen molar-refractivity contribution in [1.82, 2.24) is 0 Å². The lowest BCUT2D eigenvalue weighted by Crippen LogP contribution is -2.60. The molecule has 1 nitrogen and oxygen atoms in total. The number of ether oxygens (including phenoxy) is 1. The van der Waals surface area contributed by atoms with Crippen LogP contribution in [-0.4, -0.2) is 30.6 Å². The lowest BCUT2D eigenvalue weighted by Gasteiger charge is -2.33. The van der Waals surface area contributed by atoms with E-state index >= 15 is 8.78 Å². The van der Waals surface area contributed by atoms with Gasteiger partial charge in [-0.2, -0.15) is 39.5 Å². The second kappa shape index (κ2) is 16.2. The van der Waals surface area contributed by atoms with Crippen molar-refractivity contribution in [1.29, 1.82) is 0 Å². The monoisotopic (exact) mass is 682 g/mol. The van der Waals surface area contributed by atoms with Gasteiger partial charge < -0.3 is 4.74 Å². The van der Waals surface area contributed by atoms with E-state index in [4.69, 9.17) is 4.74 Å². The fraction of sp³-hybridized carbons (Fsp3) is 0.486. The maximum absolute atomic E-state index is 15.1. The number of rotatable bonds is 18. The molecule has 0 aliphatic heterocycles. The lowest BCUT2D eigenvalue weighted by atomic mass is 9.97. The lowest BCUT2D eigenvalue weighted by molar-refractivity contribution is -0.396. The smallest absolute Gasteiger partial charge is 0.460 e. The molecule has 0 aromatic heterocycles. The first-order chi connectivity index (χ1) is 22.0. The Hall–Kier alpha value is -3.31. The SMILES string of the molecule is CCCCCCCCCc1ccc(-c2ccc(-c3ccc(OCCCCC(F)(F)C(F)(F)C(F)(F)C(F)(F)F)cc3)c(F)c2F)cc1. The van der Waals surface area contributed by atoms with Crippen molar-refractivity contribution >= 4 is 0 Å². The molecule has 0 N–H and O–H groups in total. The van der Waals surface area contributed by atoms with Crippen LogP contribution in [0.2, 0.25) is 0 Å². The summed E-state index contributed by atoms with van der Waals surface area (Å²) < 4.78 is 152. The minimum atomic E-state index is -6.91. The number of halogens is 11. The molecule has 0 bridgehead atoms. The molecule has 3 aromatic carbocycles. The van der Waals surface area contributed by atoms with E-state index in [-0.39, 0.29) is 35.5 Å². The molecular weight excluding hydrogens is 645 g/mol. The van der Waals surface area contributed by atoms with Gasteiger partial charge in [0.15, 0.2) is 11.6 Å². The normalized spacial score (nSPS) is 12.9. The van der Waals surface area contributed by atoms with Crippen LogP contribution in [0.5, 0.6) is 5.75 Å². The van der Waals surface area contributed by atoms with Gasteiger partial charge in [-0.3, -0.25) is 0 Å². The van der Waals surface area contributed by atoms with Crippen LogP contribution in [0.1, 0.15) is 76.7 Å². The molecule has 47 heavy (non-hydrogen) atoms. The number of unbranched alkanes of at least 4 members (excludes halogenated alkanes) is 7. The zero-order chi connectivity index (χ0) is 34.9. The van der Waals surface area contributed by atoms with Crippen molar-refractivity contribution in [2.24, 2.45) is 0 Å². The predicted molar refractivity (Wildman–Crippen MR) is 159 cm³/mol. The van der Waals surface area contributed by atoms with Gasteiger partial charge in [0.05, 0.1) is 6.61 Å². The van der Waals surface area contributed by atoms with Crippen LogP contribution in [0.3, 0.4) is 0 Å². The Morgan fingerprint density at radius 1 is 0.532 bits per heavy atom. The Kier molecular flexibility index (Phi) is 13.1. The van der Waals surface area contributed by atoms with Gasteiger partial charge in [0.2, 0.25) is 0 Å². The molecule has 0 atom stereocenters. The predicted octanol–water partition coefficient (Wildman–Crippen LogP) is 12.6. The van der Waals surface area contributed by atoms with Crippen molar-refractivity contribution in [2.45, 2.75) is 101 Å². The highest BCUT2D eigenvalue weighted by atomic mass is 19.4. The van der Waals surface area contributed by atoms with Crippen molar-refractivity contribution in [3.8, 4) is 28.0 Å². The van der Waals surface area contributed by atoms with Crippen molar-refractivity contribution in [3.63, 3.8) is 0 Å².